The highest BCUT2D eigenvalue weighted by molar-refractivity contribution is 5.84. The number of benzene rings is 1. The molecule has 0 saturated carbocycles. The van der Waals surface area contributed by atoms with Gasteiger partial charge in [0.1, 0.15) is 0 Å². The molecule has 0 spiro atoms. The fourth-order valence-electron chi connectivity index (χ4n) is 2.93. The summed E-state index contributed by atoms with van der Waals surface area (Å²) >= 11 is 0. The van der Waals surface area contributed by atoms with Gasteiger partial charge in [-0.15, -0.1) is 0 Å². The van der Waals surface area contributed by atoms with Crippen LogP contribution in [-0.4, -0.2) is 47.9 Å². The molecule has 1 fully saturated rings. The fourth-order valence-corrected chi connectivity index (χ4v) is 2.93. The highest BCUT2D eigenvalue weighted by Crippen LogP contribution is 2.15. The van der Waals surface area contributed by atoms with E-state index < -0.39 is 0 Å². The van der Waals surface area contributed by atoms with E-state index in [0.717, 1.165) is 25.1 Å². The van der Waals surface area contributed by atoms with Crippen molar-refractivity contribution in [1.29, 1.82) is 0 Å². The molecule has 2 rings (SSSR count). The van der Waals surface area contributed by atoms with E-state index in [2.05, 4.69) is 12.2 Å². The maximum atomic E-state index is 12.3. The molecule has 1 N–H and O–H groups in total. The standard InChI is InChI=1S/C18H27N3O2/c1-3-20(14-16-9-5-4-6-10-16)17(22)12-19-18(23)21-11-7-8-15(2)13-21/h4-6,9-10,15H,3,7-8,11-14H2,1-2H3,(H,19,23). The number of nitrogens with zero attached hydrogens (tertiary/aromatic N) is 2. The summed E-state index contributed by atoms with van der Waals surface area (Å²) in [7, 11) is 0. The molecule has 5 nitrogen and oxygen atoms in total. The van der Waals surface area contributed by atoms with Crippen LogP contribution in [-0.2, 0) is 11.3 Å². The van der Waals surface area contributed by atoms with E-state index in [1.165, 1.54) is 6.42 Å². The topological polar surface area (TPSA) is 52.7 Å². The first-order chi connectivity index (χ1) is 11.1. The van der Waals surface area contributed by atoms with Crippen LogP contribution in [0.2, 0.25) is 0 Å². The summed E-state index contributed by atoms with van der Waals surface area (Å²) in [5, 5.41) is 2.77. The van der Waals surface area contributed by atoms with Crippen LogP contribution in [0, 0.1) is 5.92 Å². The average molecular weight is 317 g/mol. The molecule has 23 heavy (non-hydrogen) atoms. The van der Waals surface area contributed by atoms with Crippen LogP contribution in [0.1, 0.15) is 32.3 Å². The summed E-state index contributed by atoms with van der Waals surface area (Å²) in [6.45, 7) is 6.94. The molecule has 1 aliphatic rings. The van der Waals surface area contributed by atoms with E-state index in [1.807, 2.05) is 42.2 Å². The molecule has 0 aliphatic carbocycles. The Hall–Kier alpha value is -2.04. The van der Waals surface area contributed by atoms with E-state index in [1.54, 1.807) is 4.90 Å². The lowest BCUT2D eigenvalue weighted by Crippen LogP contribution is -2.48. The third-order valence-electron chi connectivity index (χ3n) is 4.29. The minimum atomic E-state index is -0.124. The molecule has 0 aromatic heterocycles. The summed E-state index contributed by atoms with van der Waals surface area (Å²) in [6.07, 6.45) is 2.21. The minimum absolute atomic E-state index is 0.0465. The van der Waals surface area contributed by atoms with Crippen molar-refractivity contribution in [3.63, 3.8) is 0 Å². The van der Waals surface area contributed by atoms with Crippen molar-refractivity contribution in [3.8, 4) is 0 Å². The van der Waals surface area contributed by atoms with Crippen LogP contribution >= 0.6 is 0 Å². The number of nitrogens with one attached hydrogen (secondary N) is 1. The first-order valence-corrected chi connectivity index (χ1v) is 8.44. The molecule has 1 saturated heterocycles. The smallest absolute Gasteiger partial charge is 0.317 e. The van der Waals surface area contributed by atoms with Gasteiger partial charge in [-0.25, -0.2) is 4.79 Å². The summed E-state index contributed by atoms with van der Waals surface area (Å²) < 4.78 is 0. The van der Waals surface area contributed by atoms with E-state index in [9.17, 15) is 9.59 Å². The molecule has 3 amide bonds. The Kier molecular flexibility index (Phi) is 6.44. The first kappa shape index (κ1) is 17.3. The number of amides is 3. The van der Waals surface area contributed by atoms with Crippen LogP contribution in [0.25, 0.3) is 0 Å². The van der Waals surface area contributed by atoms with Gasteiger partial charge in [-0.2, -0.15) is 0 Å². The number of rotatable bonds is 5. The second-order valence-electron chi connectivity index (χ2n) is 6.25. The number of carbonyl (C=O) groups is 2. The SMILES string of the molecule is CCN(Cc1ccccc1)C(=O)CNC(=O)N1CCCC(C)C1. The number of likely N-dealkylation sites (N-methyl/N-ethyl adjacent to an activating group) is 1. The van der Waals surface area contributed by atoms with Crippen LogP contribution < -0.4 is 5.32 Å². The zero-order valence-electron chi connectivity index (χ0n) is 14.1. The maximum absolute atomic E-state index is 12.3. The number of carbonyl (C=O) groups excluding carboxylic acids is 2. The third-order valence-corrected chi connectivity index (χ3v) is 4.29. The number of piperidine rings is 1. The molecule has 1 atom stereocenters. The third kappa shape index (κ3) is 5.27. The number of likely N-dealkylation sites (tertiary alicyclic amines) is 1. The van der Waals surface area contributed by atoms with Crippen molar-refractivity contribution in [2.45, 2.75) is 33.2 Å². The predicted molar refractivity (Wildman–Crippen MR) is 90.9 cm³/mol. The Morgan fingerprint density at radius 2 is 2.04 bits per heavy atom. The zero-order chi connectivity index (χ0) is 16.7. The lowest BCUT2D eigenvalue weighted by atomic mass is 10.0. The molecule has 1 aromatic rings. The summed E-state index contributed by atoms with van der Waals surface area (Å²) in [5.74, 6) is 0.491. The second-order valence-corrected chi connectivity index (χ2v) is 6.25. The van der Waals surface area contributed by atoms with Gasteiger partial charge in [0.25, 0.3) is 0 Å². The number of hydrogen-bond donors (Lipinski definition) is 1. The zero-order valence-corrected chi connectivity index (χ0v) is 14.1. The lowest BCUT2D eigenvalue weighted by Gasteiger charge is -2.31. The average Bonchev–Trinajstić information content (AvgIpc) is 2.58. The van der Waals surface area contributed by atoms with Gasteiger partial charge >= 0.3 is 6.03 Å². The van der Waals surface area contributed by atoms with E-state index >= 15 is 0 Å². The van der Waals surface area contributed by atoms with Crippen LogP contribution in [0.5, 0.6) is 0 Å². The van der Waals surface area contributed by atoms with Gasteiger partial charge in [0, 0.05) is 26.2 Å². The molecule has 0 radical (unpaired) electrons. The Morgan fingerprint density at radius 3 is 2.70 bits per heavy atom. The molecule has 1 unspecified atom stereocenters. The van der Waals surface area contributed by atoms with Gasteiger partial charge in [-0.3, -0.25) is 4.79 Å². The maximum Gasteiger partial charge on any atom is 0.317 e. The summed E-state index contributed by atoms with van der Waals surface area (Å²) in [5.41, 5.74) is 1.10. The van der Waals surface area contributed by atoms with Gasteiger partial charge < -0.3 is 15.1 Å². The molecule has 5 heteroatoms. The van der Waals surface area contributed by atoms with Gasteiger partial charge in [0.2, 0.25) is 5.91 Å². The minimum Gasteiger partial charge on any atom is -0.337 e. The monoisotopic (exact) mass is 317 g/mol. The van der Waals surface area contributed by atoms with Crippen LogP contribution in [0.4, 0.5) is 4.79 Å². The largest absolute Gasteiger partial charge is 0.337 e. The van der Waals surface area contributed by atoms with Crippen molar-refractivity contribution in [2.75, 3.05) is 26.2 Å². The van der Waals surface area contributed by atoms with Crippen molar-refractivity contribution >= 4 is 11.9 Å². The highest BCUT2D eigenvalue weighted by Gasteiger charge is 2.21. The van der Waals surface area contributed by atoms with Gasteiger partial charge in [-0.1, -0.05) is 37.3 Å². The Balaban J connectivity index is 1.81. The quantitative estimate of drug-likeness (QED) is 0.907. The molecule has 126 valence electrons. The number of urea groups is 1. The van der Waals surface area contributed by atoms with Gasteiger partial charge in [0.05, 0.1) is 6.54 Å². The first-order valence-electron chi connectivity index (χ1n) is 8.44. The van der Waals surface area contributed by atoms with Gasteiger partial charge in [-0.05, 0) is 31.2 Å². The van der Waals surface area contributed by atoms with E-state index in [4.69, 9.17) is 0 Å². The second kappa shape index (κ2) is 8.56. The molecule has 0 bridgehead atoms. The fraction of sp³-hybridized carbons (Fsp3) is 0.556. The predicted octanol–water partition coefficient (Wildman–Crippen LogP) is 2.48. The highest BCUT2D eigenvalue weighted by atomic mass is 16.2. The Bertz CT molecular complexity index is 518. The van der Waals surface area contributed by atoms with E-state index in [0.29, 0.717) is 19.0 Å². The van der Waals surface area contributed by atoms with Crippen molar-refractivity contribution in [1.82, 2.24) is 15.1 Å². The molecule has 1 aliphatic heterocycles. The summed E-state index contributed by atoms with van der Waals surface area (Å²) in [4.78, 5) is 28.1. The molecular weight excluding hydrogens is 290 g/mol. The normalized spacial score (nSPS) is 17.7. The molecule has 1 heterocycles. The van der Waals surface area contributed by atoms with Crippen molar-refractivity contribution in [3.05, 3.63) is 35.9 Å². The summed E-state index contributed by atoms with van der Waals surface area (Å²) in [6, 6.07) is 9.77. The van der Waals surface area contributed by atoms with Crippen molar-refractivity contribution < 1.29 is 9.59 Å². The number of hydrogen-bond acceptors (Lipinski definition) is 2. The molecule has 1 aromatic carbocycles. The van der Waals surface area contributed by atoms with Crippen molar-refractivity contribution in [2.24, 2.45) is 5.92 Å². The van der Waals surface area contributed by atoms with E-state index in [-0.39, 0.29) is 18.5 Å². The van der Waals surface area contributed by atoms with Crippen LogP contribution in [0.15, 0.2) is 30.3 Å². The van der Waals surface area contributed by atoms with Gasteiger partial charge in [0.15, 0.2) is 0 Å². The molecular formula is C18H27N3O2. The Morgan fingerprint density at radius 1 is 1.30 bits per heavy atom. The Labute approximate surface area is 138 Å². The van der Waals surface area contributed by atoms with Crippen LogP contribution in [0.3, 0.4) is 0 Å². The lowest BCUT2D eigenvalue weighted by molar-refractivity contribution is -0.130.